The third kappa shape index (κ3) is 3.65. The first-order valence-electron chi connectivity index (χ1n) is 10.9. The molecule has 1 aliphatic heterocycles. The van der Waals surface area contributed by atoms with Gasteiger partial charge in [0, 0.05) is 34.8 Å². The second-order valence-electron chi connectivity index (χ2n) is 8.31. The average molecular weight is 417 g/mol. The number of aromatic amines is 1. The highest BCUT2D eigenvalue weighted by molar-refractivity contribution is 6.46. The summed E-state index contributed by atoms with van der Waals surface area (Å²) in [6.07, 6.45) is 4.65. The van der Waals surface area contributed by atoms with E-state index in [9.17, 15) is 14.7 Å². The molecule has 2 heterocycles. The van der Waals surface area contributed by atoms with Gasteiger partial charge in [-0.15, -0.1) is 0 Å². The van der Waals surface area contributed by atoms with Crippen LogP contribution >= 0.6 is 0 Å². The van der Waals surface area contributed by atoms with Gasteiger partial charge in [-0.3, -0.25) is 9.59 Å². The first-order chi connectivity index (χ1) is 14.9. The minimum Gasteiger partial charge on any atom is -0.507 e. The van der Waals surface area contributed by atoms with Crippen LogP contribution in [0.1, 0.15) is 54.5 Å². The number of rotatable bonds is 6. The molecular weight excluding hydrogens is 388 g/mol. The van der Waals surface area contributed by atoms with E-state index in [4.69, 9.17) is 0 Å². The lowest BCUT2D eigenvalue weighted by Crippen LogP contribution is -2.30. The molecule has 1 atom stereocenters. The van der Waals surface area contributed by atoms with Crippen molar-refractivity contribution in [2.24, 2.45) is 0 Å². The lowest BCUT2D eigenvalue weighted by Gasteiger charge is -2.25. The number of carbonyl (C=O) groups excluding carboxylic acids is 2. The molecule has 0 bridgehead atoms. The number of para-hydroxylation sites is 1. The first kappa shape index (κ1) is 20.9. The number of aryl methyl sites for hydroxylation is 2. The molecule has 5 heteroatoms. The van der Waals surface area contributed by atoms with Crippen molar-refractivity contribution in [2.45, 2.75) is 46.1 Å². The number of aliphatic hydroxyl groups is 1. The van der Waals surface area contributed by atoms with Crippen molar-refractivity contribution in [1.82, 2.24) is 9.88 Å². The second-order valence-corrected chi connectivity index (χ2v) is 8.31. The number of benzene rings is 2. The van der Waals surface area contributed by atoms with Crippen molar-refractivity contribution in [3.05, 3.63) is 76.5 Å². The Labute approximate surface area is 182 Å². The molecule has 31 heavy (non-hydrogen) atoms. The Morgan fingerprint density at radius 1 is 1.10 bits per heavy atom. The van der Waals surface area contributed by atoms with E-state index >= 15 is 0 Å². The van der Waals surface area contributed by atoms with Crippen molar-refractivity contribution in [2.75, 3.05) is 6.54 Å². The maximum atomic E-state index is 13.2. The van der Waals surface area contributed by atoms with Crippen LogP contribution in [0.4, 0.5) is 0 Å². The van der Waals surface area contributed by atoms with E-state index in [0.717, 1.165) is 46.9 Å². The lowest BCUT2D eigenvalue weighted by molar-refractivity contribution is -0.139. The van der Waals surface area contributed by atoms with Gasteiger partial charge in [-0.05, 0) is 38.0 Å². The summed E-state index contributed by atoms with van der Waals surface area (Å²) in [5, 5.41) is 12.3. The average Bonchev–Trinajstić information content (AvgIpc) is 3.29. The third-order valence-electron chi connectivity index (χ3n) is 6.11. The standard InChI is InChI=1S/C26H28N2O3/c1-4-5-8-13-28-23(20-15-27-21-10-7-6-9-18(20)21)22(25(30)26(28)31)24(29)19-14-16(2)11-12-17(19)3/h6-7,9-12,14-15,23,27,29H,4-5,8,13H2,1-3H3/b24-22+. The van der Waals surface area contributed by atoms with Gasteiger partial charge in [-0.25, -0.2) is 0 Å². The molecule has 2 aromatic carbocycles. The SMILES string of the molecule is CCCCCN1C(=O)C(=O)/C(=C(/O)c2cc(C)ccc2C)C1c1c[nH]c2ccccc12. The van der Waals surface area contributed by atoms with Gasteiger partial charge in [0.2, 0.25) is 0 Å². The maximum absolute atomic E-state index is 13.2. The van der Waals surface area contributed by atoms with E-state index in [-0.39, 0.29) is 11.3 Å². The van der Waals surface area contributed by atoms with E-state index in [1.165, 1.54) is 0 Å². The molecule has 2 N–H and O–H groups in total. The van der Waals surface area contributed by atoms with Crippen LogP contribution in [0.3, 0.4) is 0 Å². The summed E-state index contributed by atoms with van der Waals surface area (Å²) in [6.45, 7) is 6.42. The fraction of sp³-hybridized carbons (Fsp3) is 0.308. The summed E-state index contributed by atoms with van der Waals surface area (Å²) in [5.74, 6) is -1.27. The number of ketones is 1. The summed E-state index contributed by atoms with van der Waals surface area (Å²) < 4.78 is 0. The highest BCUT2D eigenvalue weighted by Crippen LogP contribution is 2.42. The van der Waals surface area contributed by atoms with Crippen LogP contribution in [-0.4, -0.2) is 33.2 Å². The number of aromatic nitrogens is 1. The number of likely N-dealkylation sites (tertiary alicyclic amines) is 1. The minimum absolute atomic E-state index is 0.104. The van der Waals surface area contributed by atoms with Crippen molar-refractivity contribution >= 4 is 28.4 Å². The predicted octanol–water partition coefficient (Wildman–Crippen LogP) is 5.40. The van der Waals surface area contributed by atoms with Gasteiger partial charge >= 0.3 is 0 Å². The van der Waals surface area contributed by atoms with Crippen LogP contribution in [-0.2, 0) is 9.59 Å². The number of fused-ring (bicyclic) bond motifs is 1. The molecule has 1 fully saturated rings. The Hall–Kier alpha value is -3.34. The maximum Gasteiger partial charge on any atom is 0.295 e. The first-order valence-corrected chi connectivity index (χ1v) is 10.9. The van der Waals surface area contributed by atoms with Gasteiger partial charge in [0.1, 0.15) is 5.76 Å². The number of aliphatic hydroxyl groups excluding tert-OH is 1. The Balaban J connectivity index is 1.92. The fourth-order valence-corrected chi connectivity index (χ4v) is 4.42. The number of amides is 1. The monoisotopic (exact) mass is 416 g/mol. The Morgan fingerprint density at radius 3 is 2.65 bits per heavy atom. The van der Waals surface area contributed by atoms with Crippen LogP contribution in [0.15, 0.2) is 54.2 Å². The zero-order chi connectivity index (χ0) is 22.1. The van der Waals surface area contributed by atoms with E-state index in [1.807, 2.05) is 62.5 Å². The molecule has 5 nitrogen and oxygen atoms in total. The molecular formula is C26H28N2O3. The topological polar surface area (TPSA) is 73.4 Å². The second kappa shape index (κ2) is 8.42. The van der Waals surface area contributed by atoms with Crippen molar-refractivity contribution in [3.63, 3.8) is 0 Å². The van der Waals surface area contributed by atoms with E-state index < -0.39 is 17.7 Å². The molecule has 1 unspecified atom stereocenters. The predicted molar refractivity (Wildman–Crippen MR) is 123 cm³/mol. The summed E-state index contributed by atoms with van der Waals surface area (Å²) >= 11 is 0. The molecule has 160 valence electrons. The van der Waals surface area contributed by atoms with E-state index in [2.05, 4.69) is 11.9 Å². The number of hydrogen-bond acceptors (Lipinski definition) is 3. The molecule has 4 rings (SSSR count). The van der Waals surface area contributed by atoms with Crippen molar-refractivity contribution < 1.29 is 14.7 Å². The number of hydrogen-bond donors (Lipinski definition) is 2. The smallest absolute Gasteiger partial charge is 0.295 e. The minimum atomic E-state index is -0.620. The van der Waals surface area contributed by atoms with Crippen molar-refractivity contribution in [3.8, 4) is 0 Å². The third-order valence-corrected chi connectivity index (χ3v) is 6.11. The number of nitrogens with one attached hydrogen (secondary N) is 1. The quantitative estimate of drug-likeness (QED) is 0.245. The molecule has 1 aromatic heterocycles. The number of H-pyrrole nitrogens is 1. The Bertz CT molecular complexity index is 1190. The summed E-state index contributed by atoms with van der Waals surface area (Å²) in [7, 11) is 0. The lowest BCUT2D eigenvalue weighted by atomic mass is 9.93. The molecule has 0 spiro atoms. The van der Waals surface area contributed by atoms with Crippen LogP contribution < -0.4 is 0 Å². The number of nitrogens with zero attached hydrogens (tertiary/aromatic N) is 1. The van der Waals surface area contributed by atoms with E-state index in [0.29, 0.717) is 12.1 Å². The zero-order valence-electron chi connectivity index (χ0n) is 18.2. The van der Waals surface area contributed by atoms with Crippen LogP contribution in [0.25, 0.3) is 16.7 Å². The summed E-state index contributed by atoms with van der Waals surface area (Å²) in [5.41, 5.74) is 4.36. The van der Waals surface area contributed by atoms with Crippen LogP contribution in [0.5, 0.6) is 0 Å². The molecule has 1 amide bonds. The summed E-state index contributed by atoms with van der Waals surface area (Å²) in [4.78, 5) is 31.1. The van der Waals surface area contributed by atoms with E-state index in [1.54, 1.807) is 4.90 Å². The molecule has 1 aliphatic rings. The number of carbonyl (C=O) groups is 2. The van der Waals surface area contributed by atoms with Gasteiger partial charge in [0.25, 0.3) is 11.7 Å². The van der Waals surface area contributed by atoms with Gasteiger partial charge in [-0.2, -0.15) is 0 Å². The molecule has 0 saturated carbocycles. The summed E-state index contributed by atoms with van der Waals surface area (Å²) in [6, 6.07) is 13.0. The fourth-order valence-electron chi connectivity index (χ4n) is 4.42. The molecule has 0 aliphatic carbocycles. The zero-order valence-corrected chi connectivity index (χ0v) is 18.2. The highest BCUT2D eigenvalue weighted by atomic mass is 16.3. The molecule has 1 saturated heterocycles. The highest BCUT2D eigenvalue weighted by Gasteiger charge is 2.46. The van der Waals surface area contributed by atoms with Gasteiger partial charge < -0.3 is 15.0 Å². The largest absolute Gasteiger partial charge is 0.507 e. The Morgan fingerprint density at radius 2 is 1.87 bits per heavy atom. The Kier molecular flexibility index (Phi) is 5.68. The van der Waals surface area contributed by atoms with Gasteiger partial charge in [0.05, 0.1) is 11.6 Å². The van der Waals surface area contributed by atoms with Crippen LogP contribution in [0, 0.1) is 13.8 Å². The molecule has 3 aromatic rings. The van der Waals surface area contributed by atoms with Gasteiger partial charge in [-0.1, -0.05) is 55.7 Å². The molecule has 0 radical (unpaired) electrons. The normalized spacial score (nSPS) is 18.3. The number of Topliss-reactive ketones (excluding diaryl/α,β-unsaturated/α-hetero) is 1. The van der Waals surface area contributed by atoms with Crippen LogP contribution in [0.2, 0.25) is 0 Å². The van der Waals surface area contributed by atoms with Gasteiger partial charge in [0.15, 0.2) is 0 Å². The van der Waals surface area contributed by atoms with Crippen molar-refractivity contribution in [1.29, 1.82) is 0 Å². The number of unbranched alkanes of at least 4 members (excludes halogenated alkanes) is 2.